The van der Waals surface area contributed by atoms with Gasteiger partial charge in [-0.25, -0.2) is 0 Å². The van der Waals surface area contributed by atoms with Crippen molar-refractivity contribution >= 4 is 41.6 Å². The molecule has 0 aromatic heterocycles. The Kier molecular flexibility index (Phi) is 14.6. The van der Waals surface area contributed by atoms with Crippen LogP contribution in [0.2, 0.25) is 0 Å². The van der Waals surface area contributed by atoms with E-state index in [0.717, 1.165) is 41.5 Å². The summed E-state index contributed by atoms with van der Waals surface area (Å²) in [5.41, 5.74) is -1.15. The summed E-state index contributed by atoms with van der Waals surface area (Å²) in [5.74, 6) is -11.0. The van der Waals surface area contributed by atoms with Gasteiger partial charge in [-0.1, -0.05) is 0 Å². The number of Topliss-reactive ketones (excluding diaryl/α,β-unsaturated/α-hetero) is 1. The van der Waals surface area contributed by atoms with Gasteiger partial charge in [-0.3, -0.25) is 43.7 Å². The van der Waals surface area contributed by atoms with E-state index in [1.54, 1.807) is 0 Å². The van der Waals surface area contributed by atoms with E-state index in [9.17, 15) is 43.7 Å². The summed E-state index contributed by atoms with van der Waals surface area (Å²) in [4.78, 5) is 96.7. The van der Waals surface area contributed by atoms with Gasteiger partial charge in [-0.15, -0.1) is 0 Å². The number of carbonyl (C=O) groups is 7. The molecule has 0 aliphatic heterocycles. The van der Waals surface area contributed by atoms with Gasteiger partial charge in [0.05, 0.1) is 5.92 Å². The van der Waals surface area contributed by atoms with E-state index in [1.165, 1.54) is 20.8 Å². The summed E-state index contributed by atoms with van der Waals surface area (Å²) in [7, 11) is 0. The first kappa shape index (κ1) is 36.9. The van der Waals surface area contributed by atoms with Gasteiger partial charge in [0.2, 0.25) is 6.54 Å². The molecule has 0 aromatic rings. The Labute approximate surface area is 236 Å². The smallest absolute Gasteiger partial charge is 0.317 e. The molecule has 0 fully saturated rings. The predicted molar refractivity (Wildman–Crippen MR) is 134 cm³/mol. The molecular formula is C25H37NO15. The Bertz CT molecular complexity index is 1010. The molecule has 0 aliphatic carbocycles. The third-order valence-electron chi connectivity index (χ3n) is 5.00. The highest BCUT2D eigenvalue weighted by Crippen LogP contribution is 2.31. The number of rotatable bonds is 15. The van der Waals surface area contributed by atoms with E-state index in [1.807, 2.05) is 0 Å². The van der Waals surface area contributed by atoms with Crippen molar-refractivity contribution in [2.45, 2.75) is 92.3 Å². The van der Waals surface area contributed by atoms with Gasteiger partial charge in [0.25, 0.3) is 0 Å². The maximum absolute atomic E-state index is 13.1. The number of ether oxygens (including phenoxy) is 6. The molecule has 0 aromatic carbocycles. The van der Waals surface area contributed by atoms with Crippen LogP contribution in [-0.2, 0) is 62.0 Å². The lowest BCUT2D eigenvalue weighted by atomic mass is 9.80. The number of esters is 6. The van der Waals surface area contributed by atoms with E-state index in [0.29, 0.717) is 0 Å². The van der Waals surface area contributed by atoms with Crippen molar-refractivity contribution in [3.05, 3.63) is 10.1 Å². The van der Waals surface area contributed by atoms with Crippen LogP contribution < -0.4 is 0 Å². The Morgan fingerprint density at radius 1 is 0.683 bits per heavy atom. The largest absolute Gasteiger partial charge is 0.462 e. The molecule has 16 nitrogen and oxygen atoms in total. The van der Waals surface area contributed by atoms with Crippen molar-refractivity contribution in [3.8, 4) is 0 Å². The molecule has 2 unspecified atom stereocenters. The van der Waals surface area contributed by atoms with Gasteiger partial charge in [-0.05, 0) is 27.7 Å². The molecule has 0 spiro atoms. The Morgan fingerprint density at radius 2 is 1.12 bits per heavy atom. The van der Waals surface area contributed by atoms with Gasteiger partial charge in [0.15, 0.2) is 24.4 Å². The molecule has 0 radical (unpaired) electrons. The third kappa shape index (κ3) is 14.2. The fourth-order valence-corrected chi connectivity index (χ4v) is 3.84. The van der Waals surface area contributed by atoms with Crippen molar-refractivity contribution in [1.82, 2.24) is 0 Å². The Hall–Kier alpha value is -4.11. The van der Waals surface area contributed by atoms with Crippen LogP contribution in [0.15, 0.2) is 0 Å². The van der Waals surface area contributed by atoms with E-state index in [2.05, 4.69) is 0 Å². The minimum absolute atomic E-state index is 0.764. The second kappa shape index (κ2) is 16.2. The number of hydrogen-bond acceptors (Lipinski definition) is 15. The summed E-state index contributed by atoms with van der Waals surface area (Å²) in [5, 5.41) is 11.8. The fourth-order valence-electron chi connectivity index (χ4n) is 3.84. The fraction of sp³-hybridized carbons (Fsp3) is 0.720. The molecule has 0 rings (SSSR count). The zero-order chi connectivity index (χ0) is 32.2. The van der Waals surface area contributed by atoms with Gasteiger partial charge < -0.3 is 28.4 Å². The van der Waals surface area contributed by atoms with Crippen LogP contribution in [0, 0.1) is 22.0 Å². The Morgan fingerprint density at radius 3 is 1.49 bits per heavy atom. The summed E-state index contributed by atoms with van der Waals surface area (Å²) in [6.07, 6.45) is -7.71. The normalized spacial score (nSPS) is 15.4. The lowest BCUT2D eigenvalue weighted by Gasteiger charge is -2.38. The molecule has 0 amide bonds. The number of nitrogens with zero attached hydrogens (tertiary/aromatic N) is 1. The van der Waals surface area contributed by atoms with Crippen LogP contribution >= 0.6 is 0 Å². The standard InChI is InChI=1S/C25H37NO15/c1-12(27)20(24(33)41-25(7,8)9)18(10-26(34)35)21(38-15(4)30)23(40-17(6)32)22(39-16(5)31)19(37-14(3)29)11-36-13(2)28/h18-23H,10-11H2,1-9H3/t18?,19-,20?,21+,22+,23-/m1/s1. The van der Waals surface area contributed by atoms with E-state index in [-0.39, 0.29) is 0 Å². The number of hydrogen-bond donors (Lipinski definition) is 0. The number of carbonyl (C=O) groups excluding carboxylic acids is 7. The molecular weight excluding hydrogens is 554 g/mol. The second-order valence-electron chi connectivity index (χ2n) is 9.97. The van der Waals surface area contributed by atoms with Crippen molar-refractivity contribution in [2.75, 3.05) is 13.2 Å². The predicted octanol–water partition coefficient (Wildman–Crippen LogP) is 0.716. The summed E-state index contributed by atoms with van der Waals surface area (Å²) < 4.78 is 31.2. The van der Waals surface area contributed by atoms with Gasteiger partial charge in [0.1, 0.15) is 23.9 Å². The Balaban J connectivity index is 7.43. The van der Waals surface area contributed by atoms with Crippen molar-refractivity contribution in [2.24, 2.45) is 11.8 Å². The first-order valence-electron chi connectivity index (χ1n) is 12.3. The van der Waals surface area contributed by atoms with Crippen LogP contribution in [0.1, 0.15) is 62.3 Å². The molecule has 0 saturated carbocycles. The van der Waals surface area contributed by atoms with Crippen LogP contribution in [0.4, 0.5) is 0 Å². The number of nitro groups is 1. The van der Waals surface area contributed by atoms with Crippen LogP contribution in [-0.4, -0.2) is 89.7 Å². The molecule has 6 atom stereocenters. The second-order valence-corrected chi connectivity index (χ2v) is 9.97. The highest BCUT2D eigenvalue weighted by Gasteiger charge is 2.53. The molecule has 0 heterocycles. The van der Waals surface area contributed by atoms with Crippen LogP contribution in [0.5, 0.6) is 0 Å². The van der Waals surface area contributed by atoms with E-state index in [4.69, 9.17) is 28.4 Å². The molecule has 0 N–H and O–H groups in total. The molecule has 0 bridgehead atoms. The van der Waals surface area contributed by atoms with Crippen molar-refractivity contribution in [3.63, 3.8) is 0 Å². The first-order valence-corrected chi connectivity index (χ1v) is 12.3. The number of ketones is 1. The monoisotopic (exact) mass is 591 g/mol. The highest BCUT2D eigenvalue weighted by molar-refractivity contribution is 5.98. The van der Waals surface area contributed by atoms with Gasteiger partial charge >= 0.3 is 35.8 Å². The lowest BCUT2D eigenvalue weighted by molar-refractivity contribution is -0.492. The summed E-state index contributed by atoms with van der Waals surface area (Å²) in [6, 6.07) is 0. The van der Waals surface area contributed by atoms with Crippen LogP contribution in [0.25, 0.3) is 0 Å². The minimum Gasteiger partial charge on any atom is -0.462 e. The van der Waals surface area contributed by atoms with Gasteiger partial charge in [-0.2, -0.15) is 0 Å². The topological polar surface area (TPSA) is 218 Å². The lowest BCUT2D eigenvalue weighted by Crippen LogP contribution is -2.58. The molecule has 16 heteroatoms. The van der Waals surface area contributed by atoms with Crippen molar-refractivity contribution in [1.29, 1.82) is 0 Å². The zero-order valence-electron chi connectivity index (χ0n) is 24.4. The quantitative estimate of drug-likeness (QED) is 0.0842. The van der Waals surface area contributed by atoms with Crippen molar-refractivity contribution < 1.29 is 66.9 Å². The van der Waals surface area contributed by atoms with E-state index >= 15 is 0 Å². The maximum Gasteiger partial charge on any atom is 0.317 e. The van der Waals surface area contributed by atoms with Crippen LogP contribution in [0.3, 0.4) is 0 Å². The highest BCUT2D eigenvalue weighted by atomic mass is 16.6. The summed E-state index contributed by atoms with van der Waals surface area (Å²) in [6.45, 7) is 8.09. The maximum atomic E-state index is 13.1. The average molecular weight is 592 g/mol. The molecule has 232 valence electrons. The molecule has 0 saturated heterocycles. The average Bonchev–Trinajstić information content (AvgIpc) is 2.74. The SMILES string of the molecule is CC(=O)OC[C@@H](OC(C)=O)[C@H](OC(C)=O)[C@H](OC(C)=O)[C@@H](OC(C)=O)C(C[N+](=O)[O-])C(C(C)=O)C(=O)OC(C)(C)C. The third-order valence-corrected chi connectivity index (χ3v) is 5.00. The minimum atomic E-state index is -2.04. The molecule has 41 heavy (non-hydrogen) atoms. The zero-order valence-corrected chi connectivity index (χ0v) is 24.4. The van der Waals surface area contributed by atoms with E-state index < -0.39 is 102 Å². The van der Waals surface area contributed by atoms with Gasteiger partial charge in [0, 0.05) is 39.5 Å². The summed E-state index contributed by atoms with van der Waals surface area (Å²) >= 11 is 0. The molecule has 0 aliphatic rings. The first-order chi connectivity index (χ1) is 18.7.